The van der Waals surface area contributed by atoms with Gasteiger partial charge in [-0.15, -0.1) is 0 Å². The first-order valence-corrected chi connectivity index (χ1v) is 8.06. The number of pyridine rings is 1. The smallest absolute Gasteiger partial charge is 0.227 e. The highest BCUT2D eigenvalue weighted by Gasteiger charge is 2.25. The summed E-state index contributed by atoms with van der Waals surface area (Å²) in [6, 6.07) is 11.5. The van der Waals surface area contributed by atoms with Crippen LogP contribution in [0, 0.1) is 6.92 Å². The fourth-order valence-electron chi connectivity index (χ4n) is 2.64. The molecule has 5 heteroatoms. The first-order valence-electron chi connectivity index (χ1n) is 7.68. The second-order valence-corrected chi connectivity index (χ2v) is 6.17. The quantitative estimate of drug-likeness (QED) is 0.868. The Hall–Kier alpha value is -1.91. The van der Waals surface area contributed by atoms with Gasteiger partial charge in [0.05, 0.1) is 19.6 Å². The van der Waals surface area contributed by atoms with Gasteiger partial charge in [-0.3, -0.25) is 9.78 Å². The topological polar surface area (TPSA) is 42.4 Å². The van der Waals surface area contributed by atoms with E-state index in [0.29, 0.717) is 31.1 Å². The predicted octanol–water partition coefficient (Wildman–Crippen LogP) is 3.19. The summed E-state index contributed by atoms with van der Waals surface area (Å²) >= 11 is 5.92. The monoisotopic (exact) mass is 330 g/mol. The van der Waals surface area contributed by atoms with Gasteiger partial charge in [-0.2, -0.15) is 0 Å². The predicted molar refractivity (Wildman–Crippen MR) is 89.4 cm³/mol. The van der Waals surface area contributed by atoms with Gasteiger partial charge in [0.2, 0.25) is 5.91 Å². The molecule has 0 N–H and O–H groups in total. The van der Waals surface area contributed by atoms with Crippen LogP contribution < -0.4 is 0 Å². The lowest BCUT2D eigenvalue weighted by Gasteiger charge is -2.33. The van der Waals surface area contributed by atoms with Crippen LogP contribution in [0.3, 0.4) is 0 Å². The van der Waals surface area contributed by atoms with E-state index in [1.165, 1.54) is 0 Å². The highest BCUT2D eigenvalue weighted by molar-refractivity contribution is 6.30. The molecule has 1 unspecified atom stereocenters. The molecule has 1 aliphatic rings. The van der Waals surface area contributed by atoms with Crippen LogP contribution in [0.1, 0.15) is 22.9 Å². The van der Waals surface area contributed by atoms with Crippen LogP contribution in [0.4, 0.5) is 0 Å². The van der Waals surface area contributed by atoms with Crippen LogP contribution in [-0.4, -0.2) is 35.5 Å². The molecule has 3 rings (SSSR count). The summed E-state index contributed by atoms with van der Waals surface area (Å²) in [5.41, 5.74) is 2.94. The maximum atomic E-state index is 12.5. The van der Waals surface area contributed by atoms with E-state index in [0.717, 1.165) is 16.8 Å². The van der Waals surface area contributed by atoms with Crippen molar-refractivity contribution in [1.82, 2.24) is 9.88 Å². The van der Waals surface area contributed by atoms with E-state index in [1.54, 1.807) is 6.20 Å². The van der Waals surface area contributed by atoms with Crippen molar-refractivity contribution in [2.24, 2.45) is 0 Å². The van der Waals surface area contributed by atoms with Crippen LogP contribution in [0.25, 0.3) is 0 Å². The Morgan fingerprint density at radius 3 is 2.78 bits per heavy atom. The Balaban J connectivity index is 1.64. The van der Waals surface area contributed by atoms with Gasteiger partial charge in [0.25, 0.3) is 0 Å². The lowest BCUT2D eigenvalue weighted by atomic mass is 10.1. The van der Waals surface area contributed by atoms with Crippen LogP contribution >= 0.6 is 11.6 Å². The summed E-state index contributed by atoms with van der Waals surface area (Å²) in [5.74, 6) is 0.109. The van der Waals surface area contributed by atoms with Crippen LogP contribution in [-0.2, 0) is 16.0 Å². The third-order valence-corrected chi connectivity index (χ3v) is 4.24. The highest BCUT2D eigenvalue weighted by Crippen LogP contribution is 2.24. The first kappa shape index (κ1) is 16.0. The Morgan fingerprint density at radius 1 is 1.30 bits per heavy atom. The molecule has 1 aromatic carbocycles. The van der Waals surface area contributed by atoms with Gasteiger partial charge in [0.1, 0.15) is 6.10 Å². The minimum Gasteiger partial charge on any atom is -0.370 e. The molecule has 1 fully saturated rings. The molecule has 120 valence electrons. The van der Waals surface area contributed by atoms with E-state index in [1.807, 2.05) is 48.2 Å². The Kier molecular flexibility index (Phi) is 4.94. The molecule has 4 nitrogen and oxygen atoms in total. The standard InChI is InChI=1S/C18H19ClN2O2/c1-13-2-3-14(11-20-13)10-18(22)21-8-9-23-17(12-21)15-4-6-16(19)7-5-15/h2-7,11,17H,8-10,12H2,1H3. The van der Waals surface area contributed by atoms with Gasteiger partial charge >= 0.3 is 0 Å². The first-order chi connectivity index (χ1) is 11.1. The van der Waals surface area contributed by atoms with E-state index in [9.17, 15) is 4.79 Å². The lowest BCUT2D eigenvalue weighted by molar-refractivity contribution is -0.138. The third-order valence-electron chi connectivity index (χ3n) is 3.99. The molecule has 1 amide bonds. The highest BCUT2D eigenvalue weighted by atomic mass is 35.5. The number of rotatable bonds is 3. The number of carbonyl (C=O) groups excluding carboxylic acids is 1. The number of hydrogen-bond donors (Lipinski definition) is 0. The molecule has 0 spiro atoms. The van der Waals surface area contributed by atoms with Gasteiger partial charge in [0.15, 0.2) is 0 Å². The average molecular weight is 331 g/mol. The number of aryl methyl sites for hydroxylation is 1. The lowest BCUT2D eigenvalue weighted by Crippen LogP contribution is -2.43. The number of morpholine rings is 1. The number of hydrogen-bond acceptors (Lipinski definition) is 3. The van der Waals surface area contributed by atoms with Gasteiger partial charge in [-0.1, -0.05) is 29.8 Å². The molecule has 2 aromatic rings. The zero-order chi connectivity index (χ0) is 16.2. The molecule has 1 aliphatic heterocycles. The van der Waals surface area contributed by atoms with Crippen LogP contribution in [0.15, 0.2) is 42.6 Å². The fraction of sp³-hybridized carbons (Fsp3) is 0.333. The van der Waals surface area contributed by atoms with Crippen molar-refractivity contribution in [3.8, 4) is 0 Å². The molecule has 1 saturated heterocycles. The average Bonchev–Trinajstić information content (AvgIpc) is 2.58. The van der Waals surface area contributed by atoms with E-state index < -0.39 is 0 Å². The summed E-state index contributed by atoms with van der Waals surface area (Å²) in [7, 11) is 0. The van der Waals surface area contributed by atoms with Crippen molar-refractivity contribution in [3.05, 3.63) is 64.4 Å². The van der Waals surface area contributed by atoms with E-state index in [-0.39, 0.29) is 12.0 Å². The molecule has 0 radical (unpaired) electrons. The molecule has 2 heterocycles. The molecular weight excluding hydrogens is 312 g/mol. The molecule has 1 aromatic heterocycles. The minimum absolute atomic E-state index is 0.0962. The van der Waals surface area contributed by atoms with Crippen molar-refractivity contribution in [2.45, 2.75) is 19.4 Å². The summed E-state index contributed by atoms with van der Waals surface area (Å²) < 4.78 is 5.80. The molecule has 0 bridgehead atoms. The number of aromatic nitrogens is 1. The fourth-order valence-corrected chi connectivity index (χ4v) is 2.77. The Bertz CT molecular complexity index is 670. The molecule has 23 heavy (non-hydrogen) atoms. The Morgan fingerprint density at radius 2 is 2.09 bits per heavy atom. The summed E-state index contributed by atoms with van der Waals surface area (Å²) in [5, 5.41) is 0.698. The second-order valence-electron chi connectivity index (χ2n) is 5.74. The zero-order valence-corrected chi connectivity index (χ0v) is 13.8. The number of amides is 1. The van der Waals surface area contributed by atoms with Crippen molar-refractivity contribution in [1.29, 1.82) is 0 Å². The number of nitrogens with zero attached hydrogens (tertiary/aromatic N) is 2. The normalized spacial score (nSPS) is 18.0. The minimum atomic E-state index is -0.0962. The Labute approximate surface area is 141 Å². The van der Waals surface area contributed by atoms with Crippen molar-refractivity contribution < 1.29 is 9.53 Å². The molecule has 0 aliphatic carbocycles. The number of benzene rings is 1. The second kappa shape index (κ2) is 7.11. The van der Waals surface area contributed by atoms with Crippen LogP contribution in [0.2, 0.25) is 5.02 Å². The van der Waals surface area contributed by atoms with Crippen LogP contribution in [0.5, 0.6) is 0 Å². The number of halogens is 1. The maximum absolute atomic E-state index is 12.5. The molecular formula is C18H19ClN2O2. The van der Waals surface area contributed by atoms with Gasteiger partial charge in [0, 0.05) is 23.5 Å². The maximum Gasteiger partial charge on any atom is 0.227 e. The number of ether oxygens (including phenoxy) is 1. The van der Waals surface area contributed by atoms with E-state index in [2.05, 4.69) is 4.98 Å². The van der Waals surface area contributed by atoms with Gasteiger partial charge in [-0.25, -0.2) is 0 Å². The molecule has 0 saturated carbocycles. The van der Waals surface area contributed by atoms with Gasteiger partial charge < -0.3 is 9.64 Å². The third kappa shape index (κ3) is 4.09. The van der Waals surface area contributed by atoms with Crippen molar-refractivity contribution in [3.63, 3.8) is 0 Å². The molecule has 1 atom stereocenters. The van der Waals surface area contributed by atoms with Gasteiger partial charge in [-0.05, 0) is 36.2 Å². The zero-order valence-electron chi connectivity index (χ0n) is 13.0. The summed E-state index contributed by atoms with van der Waals surface area (Å²) in [4.78, 5) is 18.6. The van der Waals surface area contributed by atoms with E-state index >= 15 is 0 Å². The summed E-state index contributed by atoms with van der Waals surface area (Å²) in [6.45, 7) is 3.68. The van der Waals surface area contributed by atoms with E-state index in [4.69, 9.17) is 16.3 Å². The number of carbonyl (C=O) groups is 1. The van der Waals surface area contributed by atoms with Crippen molar-refractivity contribution >= 4 is 17.5 Å². The van der Waals surface area contributed by atoms with Crippen molar-refractivity contribution in [2.75, 3.05) is 19.7 Å². The largest absolute Gasteiger partial charge is 0.370 e. The SMILES string of the molecule is Cc1ccc(CC(=O)N2CCOC(c3ccc(Cl)cc3)C2)cn1. The summed E-state index contributed by atoms with van der Waals surface area (Å²) in [6.07, 6.45) is 2.05.